The van der Waals surface area contributed by atoms with Crippen molar-refractivity contribution in [2.45, 2.75) is 13.8 Å². The van der Waals surface area contributed by atoms with Crippen molar-refractivity contribution in [2.24, 2.45) is 0 Å². The Morgan fingerprint density at radius 2 is 0.797 bits per heavy atom. The van der Waals surface area contributed by atoms with Gasteiger partial charge in [0.05, 0.1) is 0 Å². The molecule has 8 aromatic rings. The van der Waals surface area contributed by atoms with Crippen molar-refractivity contribution in [1.82, 2.24) is 0 Å². The Morgan fingerprint density at radius 1 is 0.492 bits per heavy atom. The Morgan fingerprint density at radius 3 is 1.08 bits per heavy atom. The zero-order chi connectivity index (χ0) is 40.0. The summed E-state index contributed by atoms with van der Waals surface area (Å²) in [5.41, 5.74) is 1.98. The number of benzene rings is 6. The summed E-state index contributed by atoms with van der Waals surface area (Å²) < 4.78 is 20.5. The fraction of sp³-hybridized carbons (Fsp3) is 0.0800. The van der Waals surface area contributed by atoms with Gasteiger partial charge in [0.1, 0.15) is 64.4 Å². The van der Waals surface area contributed by atoms with Crippen molar-refractivity contribution in [1.29, 1.82) is 0 Å². The number of hydrogen-bond donors (Lipinski definition) is 0. The normalized spacial score (nSPS) is 10.2. The molecule has 8 rings (SSSR count). The van der Waals surface area contributed by atoms with Crippen LogP contribution in [-0.2, 0) is 22.4 Å². The molecule has 0 atom stereocenters. The van der Waals surface area contributed by atoms with Crippen molar-refractivity contribution < 1.29 is 53.1 Å². The molecule has 6 aromatic carbocycles. The van der Waals surface area contributed by atoms with Crippen molar-refractivity contribution in [2.75, 3.05) is 13.2 Å². The molecule has 59 heavy (non-hydrogen) atoms. The van der Waals surface area contributed by atoms with Gasteiger partial charge in [-0.15, -0.1) is 0 Å². The van der Waals surface area contributed by atoms with E-state index in [2.05, 4.69) is 133 Å². The largest absolute Gasteiger partial charge is 1.00 e. The van der Waals surface area contributed by atoms with Crippen molar-refractivity contribution in [3.8, 4) is 23.3 Å². The smallest absolute Gasteiger partial charge is 0.336 e. The average Bonchev–Trinajstić information content (AvgIpc) is 3.24. The first-order chi connectivity index (χ1) is 27.8. The number of ether oxygens (including phenoxy) is 2. The van der Waals surface area contributed by atoms with E-state index in [1.54, 1.807) is 24.3 Å². The van der Waals surface area contributed by atoms with Gasteiger partial charge in [-0.3, -0.25) is 0 Å². The first kappa shape index (κ1) is 45.6. The van der Waals surface area contributed by atoms with Crippen LogP contribution in [0.1, 0.15) is 11.1 Å². The van der Waals surface area contributed by atoms with Crippen LogP contribution in [0.4, 0.5) is 0 Å². The van der Waals surface area contributed by atoms with Crippen LogP contribution in [0.15, 0.2) is 188 Å². The molecule has 2 aromatic heterocycles. The van der Waals surface area contributed by atoms with Crippen molar-refractivity contribution >= 4 is 50.4 Å². The number of rotatable bonds is 8. The zero-order valence-electron chi connectivity index (χ0n) is 32.2. The molecule has 299 valence electrons. The Kier molecular flexibility index (Phi) is 17.1. The molecular weight excluding hydrogens is 960 g/mol. The quantitative estimate of drug-likeness (QED) is 0.0664. The summed E-state index contributed by atoms with van der Waals surface area (Å²) in [7, 11) is -1.91. The van der Waals surface area contributed by atoms with Crippen molar-refractivity contribution in [3.63, 3.8) is 0 Å². The van der Waals surface area contributed by atoms with Gasteiger partial charge in [-0.25, -0.2) is 9.59 Å². The molecule has 0 fully saturated rings. The van der Waals surface area contributed by atoms with Crippen LogP contribution in [0.2, 0.25) is 0 Å². The molecule has 6 nitrogen and oxygen atoms in total. The standard InChI is InChI=1S/C24H20P.2C13H9O3.Au.ClH/c1-5-13-21(14-6-1)25(22-15-7-2-8-16-22,23-17-9-3-10-18-23)24-19-11-4-12-20-24;2*1-3-6-15-10-4-5-11-9(2)7-13(14)16-12(11)8-10;;/h1-20H;2*4-5,7-8H,6H2,2H3;;1H/q+1;2*-1;;/p-1. The van der Waals surface area contributed by atoms with E-state index in [1.165, 1.54) is 33.4 Å². The molecule has 0 saturated heterocycles. The van der Waals surface area contributed by atoms with Gasteiger partial charge in [0.25, 0.3) is 0 Å². The Bertz CT molecular complexity index is 2500. The van der Waals surface area contributed by atoms with Gasteiger partial charge in [-0.1, -0.05) is 72.8 Å². The van der Waals surface area contributed by atoms with E-state index in [-0.39, 0.29) is 59.3 Å². The molecule has 0 saturated carbocycles. The minimum Gasteiger partial charge on any atom is -1.00 e. The first-order valence-corrected chi connectivity index (χ1v) is 19.9. The zero-order valence-corrected chi connectivity index (χ0v) is 36.0. The third kappa shape index (κ3) is 11.1. The number of hydrogen-bond acceptors (Lipinski definition) is 6. The number of halogens is 1. The molecule has 0 amide bonds. The van der Waals surface area contributed by atoms with E-state index in [1.807, 2.05) is 26.0 Å². The predicted octanol–water partition coefficient (Wildman–Crippen LogP) is 5.45. The molecular formula is C50H38AuClO6P-2. The van der Waals surface area contributed by atoms with Gasteiger partial charge in [0, 0.05) is 57.4 Å². The molecule has 0 unspecified atom stereocenters. The Hall–Kier alpha value is -6.08. The molecule has 0 aliphatic carbocycles. The van der Waals surface area contributed by atoms with Gasteiger partial charge in [0.15, 0.2) is 0 Å². The summed E-state index contributed by atoms with van der Waals surface area (Å²) >= 11 is 0. The molecule has 0 bridgehead atoms. The summed E-state index contributed by atoms with van der Waals surface area (Å²) in [5, 5.41) is 7.31. The van der Waals surface area contributed by atoms with Crippen LogP contribution >= 0.6 is 7.26 Å². The average molecular weight is 998 g/mol. The summed E-state index contributed by atoms with van der Waals surface area (Å²) in [6, 6.07) is 57.2. The monoisotopic (exact) mass is 997 g/mol. The fourth-order valence-corrected chi connectivity index (χ4v) is 10.8. The molecule has 0 aliphatic rings. The van der Waals surface area contributed by atoms with E-state index in [0.717, 1.165) is 21.9 Å². The maximum atomic E-state index is 11.2. The van der Waals surface area contributed by atoms with E-state index in [9.17, 15) is 9.59 Å². The Balaban J connectivity index is 0.000000200. The third-order valence-electron chi connectivity index (χ3n) is 9.04. The third-order valence-corrected chi connectivity index (χ3v) is 13.3. The van der Waals surface area contributed by atoms with Crippen molar-refractivity contribution in [3.05, 3.63) is 215 Å². The molecule has 2 heterocycles. The van der Waals surface area contributed by atoms with Crippen LogP contribution in [0.5, 0.6) is 11.5 Å². The van der Waals surface area contributed by atoms with E-state index in [0.29, 0.717) is 22.7 Å². The number of fused-ring (bicyclic) bond motifs is 2. The first-order valence-electron chi connectivity index (χ1n) is 18.1. The summed E-state index contributed by atoms with van der Waals surface area (Å²) in [4.78, 5) is 22.4. The van der Waals surface area contributed by atoms with Crippen LogP contribution in [0.25, 0.3) is 21.9 Å². The van der Waals surface area contributed by atoms with Crippen LogP contribution in [0, 0.1) is 38.5 Å². The van der Waals surface area contributed by atoms with Crippen LogP contribution < -0.4 is 54.4 Å². The molecule has 0 spiro atoms. The van der Waals surface area contributed by atoms with Crippen LogP contribution in [-0.4, -0.2) is 13.2 Å². The van der Waals surface area contributed by atoms with Gasteiger partial charge in [-0.2, -0.15) is 0 Å². The fourth-order valence-electron chi connectivity index (χ4n) is 6.53. The minimum atomic E-state index is -1.91. The molecule has 9 heteroatoms. The SMILES string of the molecule is [Au].[C-]#CCOc1ccc2c(C)cc(=O)oc2c1.[C-]#CCOc1ccc2c(C)cc(=O)oc2c1.[Cl-].c1ccc([P+](c2ccccc2)(c2ccccc2)c2ccccc2)cc1. The second kappa shape index (κ2) is 22.2. The van der Waals surface area contributed by atoms with E-state index in [4.69, 9.17) is 31.2 Å². The summed E-state index contributed by atoms with van der Waals surface area (Å²) in [6.07, 6.45) is 13.5. The molecule has 1 radical (unpaired) electrons. The van der Waals surface area contributed by atoms with Gasteiger partial charge in [0.2, 0.25) is 0 Å². The van der Waals surface area contributed by atoms with Crippen LogP contribution in [0.3, 0.4) is 0 Å². The maximum Gasteiger partial charge on any atom is 0.336 e. The van der Waals surface area contributed by atoms with Gasteiger partial charge >= 0.3 is 11.3 Å². The molecule has 0 aliphatic heterocycles. The predicted molar refractivity (Wildman–Crippen MR) is 231 cm³/mol. The van der Waals surface area contributed by atoms with E-state index < -0.39 is 7.26 Å². The van der Waals surface area contributed by atoms with E-state index >= 15 is 0 Å². The summed E-state index contributed by atoms with van der Waals surface area (Å²) in [5.74, 6) is 5.36. The minimum absolute atomic E-state index is 0. The molecule has 0 N–H and O–H groups in total. The maximum absolute atomic E-state index is 11.2. The van der Waals surface area contributed by atoms with Gasteiger partial charge in [-0.05, 0) is 97.8 Å². The second-order valence-corrected chi connectivity index (χ2v) is 16.2. The Labute approximate surface area is 366 Å². The number of aryl methyl sites for hydroxylation is 2. The summed E-state index contributed by atoms with van der Waals surface area (Å²) in [6.45, 7) is 3.87. The van der Waals surface area contributed by atoms with Gasteiger partial charge < -0.3 is 55.4 Å². The topological polar surface area (TPSA) is 78.9 Å². The second-order valence-electron chi connectivity index (χ2n) is 12.8.